The van der Waals surface area contributed by atoms with E-state index < -0.39 is 15.9 Å². The molecule has 0 atom stereocenters. The Labute approximate surface area is 191 Å². The lowest BCUT2D eigenvalue weighted by Gasteiger charge is -2.14. The third kappa shape index (κ3) is 5.24. The Morgan fingerprint density at radius 1 is 0.812 bits per heavy atom. The second-order valence-electron chi connectivity index (χ2n) is 6.50. The van der Waals surface area contributed by atoms with Gasteiger partial charge in [-0.2, -0.15) is 0 Å². The molecular weight excluding hydrogens is 456 g/mol. The van der Waals surface area contributed by atoms with Crippen LogP contribution in [0.15, 0.2) is 65.6 Å². The van der Waals surface area contributed by atoms with Crippen LogP contribution in [0.3, 0.4) is 0 Å². The quantitative estimate of drug-likeness (QED) is 0.499. The van der Waals surface area contributed by atoms with Gasteiger partial charge in [0.1, 0.15) is 5.75 Å². The van der Waals surface area contributed by atoms with Gasteiger partial charge in [0.25, 0.3) is 15.9 Å². The van der Waals surface area contributed by atoms with E-state index in [1.54, 1.807) is 30.3 Å². The normalized spacial score (nSPS) is 10.9. The lowest BCUT2D eigenvalue weighted by molar-refractivity contribution is 0.102. The van der Waals surface area contributed by atoms with Crippen LogP contribution in [-0.4, -0.2) is 35.7 Å². The topological polar surface area (TPSA) is 103 Å². The Morgan fingerprint density at radius 2 is 1.44 bits per heavy atom. The van der Waals surface area contributed by atoms with Crippen molar-refractivity contribution < 1.29 is 27.4 Å². The molecule has 3 rings (SSSR count). The second-order valence-corrected chi connectivity index (χ2v) is 8.62. The monoisotopic (exact) mass is 476 g/mol. The van der Waals surface area contributed by atoms with Gasteiger partial charge in [-0.3, -0.25) is 9.52 Å². The first-order chi connectivity index (χ1) is 15.3. The number of rotatable bonds is 8. The summed E-state index contributed by atoms with van der Waals surface area (Å²) in [6.07, 6.45) is 0. The molecule has 3 aromatic rings. The molecule has 32 heavy (non-hydrogen) atoms. The predicted molar refractivity (Wildman–Crippen MR) is 123 cm³/mol. The van der Waals surface area contributed by atoms with Gasteiger partial charge in [-0.25, -0.2) is 8.42 Å². The minimum absolute atomic E-state index is 0.0236. The van der Waals surface area contributed by atoms with Crippen molar-refractivity contribution in [1.82, 2.24) is 0 Å². The van der Waals surface area contributed by atoms with Gasteiger partial charge in [0.05, 0.1) is 31.8 Å². The fourth-order valence-electron chi connectivity index (χ4n) is 2.88. The average molecular weight is 477 g/mol. The van der Waals surface area contributed by atoms with E-state index in [9.17, 15) is 13.2 Å². The Morgan fingerprint density at radius 3 is 2.06 bits per heavy atom. The van der Waals surface area contributed by atoms with Crippen molar-refractivity contribution in [3.8, 4) is 17.2 Å². The average Bonchev–Trinajstić information content (AvgIpc) is 2.79. The second kappa shape index (κ2) is 9.80. The maximum Gasteiger partial charge on any atom is 0.261 e. The Bertz CT molecular complexity index is 1230. The molecule has 0 bridgehead atoms. The van der Waals surface area contributed by atoms with Gasteiger partial charge in [-0.15, -0.1) is 0 Å². The number of hydrogen-bond donors (Lipinski definition) is 2. The first-order valence-electron chi connectivity index (χ1n) is 9.27. The summed E-state index contributed by atoms with van der Waals surface area (Å²) in [7, 11) is 0.463. The zero-order chi connectivity index (χ0) is 23.3. The first-order valence-corrected chi connectivity index (χ1v) is 11.1. The van der Waals surface area contributed by atoms with E-state index >= 15 is 0 Å². The lowest BCUT2D eigenvalue weighted by Crippen LogP contribution is -2.16. The van der Waals surface area contributed by atoms with E-state index in [4.69, 9.17) is 25.8 Å². The van der Waals surface area contributed by atoms with Crippen molar-refractivity contribution in [2.24, 2.45) is 0 Å². The number of halogens is 1. The fraction of sp³-hybridized carbons (Fsp3) is 0.136. The summed E-state index contributed by atoms with van der Waals surface area (Å²) in [5.74, 6) is 0.514. The van der Waals surface area contributed by atoms with E-state index in [-0.39, 0.29) is 21.9 Å². The van der Waals surface area contributed by atoms with Crippen LogP contribution in [0.1, 0.15) is 10.4 Å². The molecule has 10 heteroatoms. The molecule has 0 saturated carbocycles. The number of carbonyl (C=O) groups is 1. The molecular formula is C22H21ClN2O6S. The van der Waals surface area contributed by atoms with Crippen LogP contribution in [0, 0.1) is 0 Å². The molecule has 0 unspecified atom stereocenters. The van der Waals surface area contributed by atoms with Crippen molar-refractivity contribution in [2.45, 2.75) is 4.90 Å². The molecule has 0 aliphatic heterocycles. The van der Waals surface area contributed by atoms with Gasteiger partial charge in [-0.1, -0.05) is 17.7 Å². The van der Waals surface area contributed by atoms with Crippen LogP contribution in [0.25, 0.3) is 0 Å². The number of anilines is 2. The standard InChI is InChI=1S/C22H21ClN2O6S/c1-29-19-13-21(31-3)20(30-2)12-18(19)22(26)24-16-5-4-6-17(11-16)32(27,28)25-15-9-7-14(23)8-10-15/h4-13,25H,1-3H3,(H,24,26). The number of amides is 1. The highest BCUT2D eigenvalue weighted by molar-refractivity contribution is 7.92. The van der Waals surface area contributed by atoms with Gasteiger partial charge < -0.3 is 19.5 Å². The maximum atomic E-state index is 12.9. The number of methoxy groups -OCH3 is 3. The predicted octanol–water partition coefficient (Wildman–Crippen LogP) is 4.42. The molecule has 0 spiro atoms. The maximum absolute atomic E-state index is 12.9. The number of carbonyl (C=O) groups excluding carboxylic acids is 1. The van der Waals surface area contributed by atoms with Crippen LogP contribution in [-0.2, 0) is 10.0 Å². The van der Waals surface area contributed by atoms with Gasteiger partial charge >= 0.3 is 0 Å². The van der Waals surface area contributed by atoms with Gasteiger partial charge in [0.15, 0.2) is 11.5 Å². The van der Waals surface area contributed by atoms with Crippen LogP contribution >= 0.6 is 11.6 Å². The zero-order valence-corrected chi connectivity index (χ0v) is 19.1. The molecule has 2 N–H and O–H groups in total. The highest BCUT2D eigenvalue weighted by Crippen LogP contribution is 2.35. The van der Waals surface area contributed by atoms with Crippen molar-refractivity contribution >= 4 is 38.9 Å². The summed E-state index contributed by atoms with van der Waals surface area (Å²) in [5, 5.41) is 3.17. The summed E-state index contributed by atoms with van der Waals surface area (Å²) in [5.41, 5.74) is 0.836. The zero-order valence-electron chi connectivity index (χ0n) is 17.5. The number of sulfonamides is 1. The highest BCUT2D eigenvalue weighted by Gasteiger charge is 2.19. The molecule has 0 aliphatic carbocycles. The molecule has 0 heterocycles. The van der Waals surface area contributed by atoms with Crippen LogP contribution < -0.4 is 24.2 Å². The third-order valence-corrected chi connectivity index (χ3v) is 6.08. The summed E-state index contributed by atoms with van der Waals surface area (Å²) in [6, 6.07) is 15.1. The van der Waals surface area contributed by atoms with E-state index in [2.05, 4.69) is 10.0 Å². The van der Waals surface area contributed by atoms with E-state index in [1.165, 1.54) is 51.7 Å². The van der Waals surface area contributed by atoms with Crippen molar-refractivity contribution in [3.05, 3.63) is 71.2 Å². The SMILES string of the molecule is COc1cc(OC)c(C(=O)Nc2cccc(S(=O)(=O)Nc3ccc(Cl)cc3)c2)cc1OC. The van der Waals surface area contributed by atoms with Crippen LogP contribution in [0.5, 0.6) is 17.2 Å². The van der Waals surface area contributed by atoms with Gasteiger partial charge in [0, 0.05) is 28.5 Å². The molecule has 168 valence electrons. The van der Waals surface area contributed by atoms with E-state index in [0.717, 1.165) is 0 Å². The van der Waals surface area contributed by atoms with Crippen molar-refractivity contribution in [3.63, 3.8) is 0 Å². The van der Waals surface area contributed by atoms with Crippen LogP contribution in [0.2, 0.25) is 5.02 Å². The molecule has 8 nitrogen and oxygen atoms in total. The summed E-state index contributed by atoms with van der Waals surface area (Å²) in [6.45, 7) is 0. The molecule has 0 fully saturated rings. The fourth-order valence-corrected chi connectivity index (χ4v) is 4.11. The summed E-state index contributed by atoms with van der Waals surface area (Å²) in [4.78, 5) is 12.9. The lowest BCUT2D eigenvalue weighted by atomic mass is 10.1. The molecule has 1 amide bonds. The van der Waals surface area contributed by atoms with Crippen LogP contribution in [0.4, 0.5) is 11.4 Å². The Kier molecular flexibility index (Phi) is 7.12. The van der Waals surface area contributed by atoms with Crippen molar-refractivity contribution in [1.29, 1.82) is 0 Å². The smallest absolute Gasteiger partial charge is 0.261 e. The molecule has 0 aliphatic rings. The Hall–Kier alpha value is -3.43. The van der Waals surface area contributed by atoms with E-state index in [0.29, 0.717) is 22.2 Å². The molecule has 0 radical (unpaired) electrons. The van der Waals surface area contributed by atoms with Gasteiger partial charge in [-0.05, 0) is 42.5 Å². The highest BCUT2D eigenvalue weighted by atomic mass is 35.5. The largest absolute Gasteiger partial charge is 0.496 e. The number of nitrogens with one attached hydrogen (secondary N) is 2. The summed E-state index contributed by atoms with van der Waals surface area (Å²) < 4.78 is 43.7. The number of benzene rings is 3. The molecule has 0 aromatic heterocycles. The number of ether oxygens (including phenoxy) is 3. The molecule has 3 aromatic carbocycles. The molecule has 0 saturated heterocycles. The minimum Gasteiger partial charge on any atom is -0.496 e. The first kappa shape index (κ1) is 23.2. The number of hydrogen-bond acceptors (Lipinski definition) is 6. The summed E-state index contributed by atoms with van der Waals surface area (Å²) >= 11 is 5.84. The van der Waals surface area contributed by atoms with Crippen molar-refractivity contribution in [2.75, 3.05) is 31.4 Å². The van der Waals surface area contributed by atoms with E-state index in [1.807, 2.05) is 0 Å². The third-order valence-electron chi connectivity index (χ3n) is 4.45. The van der Waals surface area contributed by atoms with Gasteiger partial charge in [0.2, 0.25) is 0 Å². The Balaban J connectivity index is 1.86. The minimum atomic E-state index is -3.89.